The van der Waals surface area contributed by atoms with Crippen molar-refractivity contribution in [1.82, 2.24) is 4.98 Å². The highest BCUT2D eigenvalue weighted by molar-refractivity contribution is 5.31. The number of aliphatic hydroxyl groups excluding tert-OH is 1. The molecule has 0 saturated heterocycles. The monoisotopic (exact) mass is 269 g/mol. The van der Waals surface area contributed by atoms with Gasteiger partial charge in [-0.3, -0.25) is 4.98 Å². The van der Waals surface area contributed by atoms with Crippen molar-refractivity contribution in [1.29, 1.82) is 0 Å². The van der Waals surface area contributed by atoms with Crippen LogP contribution in [0.1, 0.15) is 41.1 Å². The molecule has 3 heteroatoms. The van der Waals surface area contributed by atoms with E-state index in [4.69, 9.17) is 4.74 Å². The van der Waals surface area contributed by atoms with Crippen LogP contribution in [0.15, 0.2) is 42.5 Å². The highest BCUT2D eigenvalue weighted by atomic mass is 16.5. The van der Waals surface area contributed by atoms with E-state index in [9.17, 15) is 5.11 Å². The van der Waals surface area contributed by atoms with Crippen LogP contribution in [-0.2, 0) is 11.2 Å². The lowest BCUT2D eigenvalue weighted by molar-refractivity contribution is 0.00278. The van der Waals surface area contributed by atoms with Crippen LogP contribution in [0.3, 0.4) is 0 Å². The summed E-state index contributed by atoms with van der Waals surface area (Å²) >= 11 is 0. The van der Waals surface area contributed by atoms with Crippen LogP contribution < -0.4 is 0 Å². The smallest absolute Gasteiger partial charge is 0.0987 e. The van der Waals surface area contributed by atoms with Gasteiger partial charge in [-0.25, -0.2) is 0 Å². The van der Waals surface area contributed by atoms with Gasteiger partial charge in [0.1, 0.15) is 0 Å². The Morgan fingerprint density at radius 2 is 2.10 bits per heavy atom. The molecule has 1 aliphatic heterocycles. The van der Waals surface area contributed by atoms with Gasteiger partial charge in [-0.2, -0.15) is 0 Å². The fourth-order valence-electron chi connectivity index (χ4n) is 2.75. The second kappa shape index (κ2) is 5.73. The van der Waals surface area contributed by atoms with Gasteiger partial charge in [-0.15, -0.1) is 0 Å². The summed E-state index contributed by atoms with van der Waals surface area (Å²) in [6.45, 7) is 2.65. The molecular formula is C17H19NO2. The Morgan fingerprint density at radius 1 is 1.25 bits per heavy atom. The van der Waals surface area contributed by atoms with E-state index < -0.39 is 6.10 Å². The fraction of sp³-hybridized carbons (Fsp3) is 0.353. The summed E-state index contributed by atoms with van der Waals surface area (Å²) in [6.07, 6.45) is 0.863. The quantitative estimate of drug-likeness (QED) is 0.931. The molecule has 2 aromatic rings. The molecule has 20 heavy (non-hydrogen) atoms. The maximum Gasteiger partial charge on any atom is 0.0987 e. The summed E-state index contributed by atoms with van der Waals surface area (Å²) in [4.78, 5) is 4.39. The van der Waals surface area contributed by atoms with Crippen molar-refractivity contribution in [2.24, 2.45) is 0 Å². The maximum absolute atomic E-state index is 10.4. The third-order valence-corrected chi connectivity index (χ3v) is 3.78. The second-order valence-electron chi connectivity index (χ2n) is 5.26. The standard InChI is InChI=1S/C17H19NO2/c1-12-5-4-8-15(18-12)16(19)11-17-14-7-3-2-6-13(14)9-10-20-17/h2-8,16-17,19H,9-11H2,1H3. The van der Waals surface area contributed by atoms with E-state index >= 15 is 0 Å². The van der Waals surface area contributed by atoms with E-state index in [1.807, 2.05) is 31.2 Å². The van der Waals surface area contributed by atoms with Crippen molar-refractivity contribution in [2.75, 3.05) is 6.61 Å². The molecule has 104 valence electrons. The number of nitrogens with zero attached hydrogens (tertiary/aromatic N) is 1. The summed E-state index contributed by atoms with van der Waals surface area (Å²) in [5, 5.41) is 10.4. The number of aromatic nitrogens is 1. The molecule has 1 aromatic carbocycles. The van der Waals surface area contributed by atoms with Crippen LogP contribution in [0.4, 0.5) is 0 Å². The van der Waals surface area contributed by atoms with Gasteiger partial charge in [0.15, 0.2) is 0 Å². The summed E-state index contributed by atoms with van der Waals surface area (Å²) in [6, 6.07) is 14.0. The van der Waals surface area contributed by atoms with Crippen LogP contribution in [0.5, 0.6) is 0 Å². The predicted octanol–water partition coefficient (Wildman–Crippen LogP) is 3.13. The molecule has 1 aliphatic rings. The van der Waals surface area contributed by atoms with Gasteiger partial charge in [0.25, 0.3) is 0 Å². The Balaban J connectivity index is 1.79. The molecule has 2 heterocycles. The zero-order chi connectivity index (χ0) is 13.9. The molecule has 0 aliphatic carbocycles. The lowest BCUT2D eigenvalue weighted by Crippen LogP contribution is -2.18. The lowest BCUT2D eigenvalue weighted by Gasteiger charge is -2.27. The molecular weight excluding hydrogens is 250 g/mol. The Hall–Kier alpha value is -1.71. The first-order chi connectivity index (χ1) is 9.74. The van der Waals surface area contributed by atoms with Gasteiger partial charge >= 0.3 is 0 Å². The largest absolute Gasteiger partial charge is 0.387 e. The molecule has 0 amide bonds. The van der Waals surface area contributed by atoms with E-state index in [2.05, 4.69) is 23.2 Å². The van der Waals surface area contributed by atoms with Crippen molar-refractivity contribution < 1.29 is 9.84 Å². The zero-order valence-electron chi connectivity index (χ0n) is 11.6. The first-order valence-electron chi connectivity index (χ1n) is 7.05. The predicted molar refractivity (Wildman–Crippen MR) is 77.4 cm³/mol. The van der Waals surface area contributed by atoms with Crippen molar-refractivity contribution in [3.63, 3.8) is 0 Å². The van der Waals surface area contributed by atoms with Crippen LogP contribution in [0.2, 0.25) is 0 Å². The fourth-order valence-corrected chi connectivity index (χ4v) is 2.75. The first-order valence-corrected chi connectivity index (χ1v) is 7.05. The Kier molecular flexibility index (Phi) is 3.81. The van der Waals surface area contributed by atoms with Gasteiger partial charge < -0.3 is 9.84 Å². The maximum atomic E-state index is 10.4. The number of fused-ring (bicyclic) bond motifs is 1. The van der Waals surface area contributed by atoms with E-state index in [1.165, 1.54) is 11.1 Å². The van der Waals surface area contributed by atoms with E-state index in [1.54, 1.807) is 0 Å². The number of rotatable bonds is 3. The third kappa shape index (κ3) is 2.74. The number of hydrogen-bond acceptors (Lipinski definition) is 3. The van der Waals surface area contributed by atoms with E-state index in [0.29, 0.717) is 6.42 Å². The average Bonchev–Trinajstić information content (AvgIpc) is 2.47. The molecule has 2 unspecified atom stereocenters. The third-order valence-electron chi connectivity index (χ3n) is 3.78. The van der Waals surface area contributed by atoms with Crippen molar-refractivity contribution in [2.45, 2.75) is 32.0 Å². The van der Waals surface area contributed by atoms with Gasteiger partial charge in [-0.1, -0.05) is 30.3 Å². The van der Waals surface area contributed by atoms with E-state index in [0.717, 1.165) is 24.4 Å². The van der Waals surface area contributed by atoms with Crippen LogP contribution >= 0.6 is 0 Å². The molecule has 3 nitrogen and oxygen atoms in total. The topological polar surface area (TPSA) is 42.4 Å². The highest BCUT2D eigenvalue weighted by Gasteiger charge is 2.24. The zero-order valence-corrected chi connectivity index (χ0v) is 11.6. The number of ether oxygens (including phenoxy) is 1. The number of aryl methyl sites for hydroxylation is 1. The van der Waals surface area contributed by atoms with Gasteiger partial charge in [0, 0.05) is 12.1 Å². The summed E-state index contributed by atoms with van der Waals surface area (Å²) in [5.74, 6) is 0. The molecule has 1 aromatic heterocycles. The lowest BCUT2D eigenvalue weighted by atomic mass is 9.93. The molecule has 0 fully saturated rings. The number of hydrogen-bond donors (Lipinski definition) is 1. The van der Waals surface area contributed by atoms with Crippen molar-refractivity contribution in [3.05, 3.63) is 65.0 Å². The molecule has 0 spiro atoms. The molecule has 2 atom stereocenters. The summed E-state index contributed by atoms with van der Waals surface area (Å²) in [7, 11) is 0. The van der Waals surface area contributed by atoms with Crippen LogP contribution in [-0.4, -0.2) is 16.7 Å². The number of pyridine rings is 1. The van der Waals surface area contributed by atoms with Gasteiger partial charge in [0.05, 0.1) is 24.5 Å². The van der Waals surface area contributed by atoms with Crippen molar-refractivity contribution >= 4 is 0 Å². The minimum Gasteiger partial charge on any atom is -0.387 e. The number of aliphatic hydroxyl groups is 1. The minimum absolute atomic E-state index is 0.0442. The summed E-state index contributed by atoms with van der Waals surface area (Å²) in [5.41, 5.74) is 4.17. The number of benzene rings is 1. The molecule has 0 radical (unpaired) electrons. The van der Waals surface area contributed by atoms with Crippen LogP contribution in [0.25, 0.3) is 0 Å². The van der Waals surface area contributed by atoms with Gasteiger partial charge in [0.2, 0.25) is 0 Å². The Morgan fingerprint density at radius 3 is 2.95 bits per heavy atom. The average molecular weight is 269 g/mol. The van der Waals surface area contributed by atoms with Crippen molar-refractivity contribution in [3.8, 4) is 0 Å². The highest BCUT2D eigenvalue weighted by Crippen LogP contribution is 2.33. The minimum atomic E-state index is -0.592. The molecule has 3 rings (SSSR count). The summed E-state index contributed by atoms with van der Waals surface area (Å²) < 4.78 is 5.84. The van der Waals surface area contributed by atoms with Crippen LogP contribution in [0, 0.1) is 6.92 Å². The molecule has 1 N–H and O–H groups in total. The Labute approximate surface area is 119 Å². The molecule has 0 bridgehead atoms. The first kappa shape index (κ1) is 13.3. The Bertz CT molecular complexity index is 597. The second-order valence-corrected chi connectivity index (χ2v) is 5.26. The van der Waals surface area contributed by atoms with Gasteiger partial charge in [-0.05, 0) is 36.6 Å². The van der Waals surface area contributed by atoms with E-state index in [-0.39, 0.29) is 6.10 Å². The normalized spacial score (nSPS) is 19.4. The SMILES string of the molecule is Cc1cccc(C(O)CC2OCCc3ccccc32)n1. The molecule has 0 saturated carbocycles.